The lowest BCUT2D eigenvalue weighted by Gasteiger charge is -2.47. The molecule has 0 N–H and O–H groups in total. The first-order chi connectivity index (χ1) is 12.5. The van der Waals surface area contributed by atoms with Crippen LogP contribution in [0.2, 0.25) is 0 Å². The molecule has 0 aromatic rings. The van der Waals surface area contributed by atoms with Gasteiger partial charge in [0.05, 0.1) is 18.8 Å². The van der Waals surface area contributed by atoms with Crippen LogP contribution in [0.1, 0.15) is 64.7 Å². The summed E-state index contributed by atoms with van der Waals surface area (Å²) in [5, 5.41) is 0. The van der Waals surface area contributed by atoms with E-state index in [0.29, 0.717) is 13.2 Å². The highest BCUT2D eigenvalue weighted by atomic mass is 16.7. The van der Waals surface area contributed by atoms with Gasteiger partial charge < -0.3 is 14.2 Å². The highest BCUT2D eigenvalue weighted by Gasteiger charge is 2.68. The van der Waals surface area contributed by atoms with Crippen molar-refractivity contribution in [2.24, 2.45) is 11.3 Å². The summed E-state index contributed by atoms with van der Waals surface area (Å²) >= 11 is 0. The molecule has 3 nitrogen and oxygen atoms in total. The van der Waals surface area contributed by atoms with Gasteiger partial charge >= 0.3 is 0 Å². The van der Waals surface area contributed by atoms with Crippen molar-refractivity contribution in [1.29, 1.82) is 0 Å². The second kappa shape index (κ2) is 6.23. The third-order valence-corrected chi connectivity index (χ3v) is 7.76. The number of hydrogen-bond acceptors (Lipinski definition) is 3. The van der Waals surface area contributed by atoms with Crippen LogP contribution in [0, 0.1) is 23.7 Å². The summed E-state index contributed by atoms with van der Waals surface area (Å²) < 4.78 is 19.3. The number of allylic oxidation sites excluding steroid dienone is 1. The van der Waals surface area contributed by atoms with Crippen molar-refractivity contribution in [2.75, 3.05) is 13.2 Å². The molecule has 3 heteroatoms. The fourth-order valence-electron chi connectivity index (χ4n) is 6.34. The summed E-state index contributed by atoms with van der Waals surface area (Å²) in [4.78, 5) is 0. The average Bonchev–Trinajstić information content (AvgIpc) is 3.32. The van der Waals surface area contributed by atoms with Crippen molar-refractivity contribution < 1.29 is 14.2 Å². The van der Waals surface area contributed by atoms with Crippen LogP contribution in [-0.4, -0.2) is 30.2 Å². The Hall–Kier alpha value is -1.08. The van der Waals surface area contributed by atoms with Crippen LogP contribution in [0.25, 0.3) is 0 Å². The second-order valence-electron chi connectivity index (χ2n) is 8.89. The molecule has 2 saturated carbocycles. The number of terminal acetylenes is 1. The predicted molar refractivity (Wildman–Crippen MR) is 103 cm³/mol. The first kappa shape index (κ1) is 18.3. The first-order valence-electron chi connectivity index (χ1n) is 10.2. The predicted octanol–water partition coefficient (Wildman–Crippen LogP) is 4.77. The van der Waals surface area contributed by atoms with E-state index in [1.807, 2.05) is 6.08 Å². The molecule has 2 aliphatic heterocycles. The molecule has 0 amide bonds. The Kier molecular flexibility index (Phi) is 4.38. The summed E-state index contributed by atoms with van der Waals surface area (Å²) in [6.45, 7) is 12.0. The zero-order valence-corrected chi connectivity index (χ0v) is 16.1. The van der Waals surface area contributed by atoms with Crippen molar-refractivity contribution in [3.05, 3.63) is 24.8 Å². The highest BCUT2D eigenvalue weighted by Crippen LogP contribution is 2.64. The van der Waals surface area contributed by atoms with Gasteiger partial charge in [-0.3, -0.25) is 0 Å². The molecule has 2 spiro atoms. The fourth-order valence-corrected chi connectivity index (χ4v) is 6.34. The summed E-state index contributed by atoms with van der Waals surface area (Å²) in [7, 11) is 0. The van der Waals surface area contributed by atoms with Crippen LogP contribution >= 0.6 is 0 Å². The minimum Gasteiger partial charge on any atom is -0.351 e. The van der Waals surface area contributed by atoms with Gasteiger partial charge in [-0.25, -0.2) is 0 Å². The minimum atomic E-state index is -0.559. The highest BCUT2D eigenvalue weighted by molar-refractivity contribution is 5.28. The Bertz CT molecular complexity index is 640. The molecule has 4 aliphatic rings. The summed E-state index contributed by atoms with van der Waals surface area (Å²) in [6, 6.07) is 0. The van der Waals surface area contributed by atoms with Crippen LogP contribution in [0.5, 0.6) is 0 Å². The molecule has 0 aromatic heterocycles. The van der Waals surface area contributed by atoms with Gasteiger partial charge in [-0.2, -0.15) is 0 Å². The van der Waals surface area contributed by atoms with E-state index >= 15 is 0 Å². The summed E-state index contributed by atoms with van der Waals surface area (Å²) in [5.74, 6) is 2.78. The maximum absolute atomic E-state index is 6.89. The zero-order valence-electron chi connectivity index (χ0n) is 16.1. The van der Waals surface area contributed by atoms with Crippen LogP contribution in [0.4, 0.5) is 0 Å². The van der Waals surface area contributed by atoms with Crippen LogP contribution < -0.4 is 0 Å². The lowest BCUT2D eigenvalue weighted by molar-refractivity contribution is -0.237. The Morgan fingerprint density at radius 2 is 1.96 bits per heavy atom. The van der Waals surface area contributed by atoms with Crippen LogP contribution in [0.15, 0.2) is 24.8 Å². The molecule has 0 radical (unpaired) electrons. The van der Waals surface area contributed by atoms with E-state index in [0.717, 1.165) is 44.9 Å². The second-order valence-corrected chi connectivity index (χ2v) is 8.89. The van der Waals surface area contributed by atoms with E-state index in [-0.39, 0.29) is 16.9 Å². The smallest absolute Gasteiger partial charge is 0.174 e. The average molecular weight is 357 g/mol. The quantitative estimate of drug-likeness (QED) is 0.538. The van der Waals surface area contributed by atoms with Crippen LogP contribution in [-0.2, 0) is 14.2 Å². The Morgan fingerprint density at radius 1 is 1.19 bits per heavy atom. The molecule has 2 aliphatic carbocycles. The van der Waals surface area contributed by atoms with Gasteiger partial charge in [0.25, 0.3) is 0 Å². The van der Waals surface area contributed by atoms with Crippen molar-refractivity contribution in [1.82, 2.24) is 0 Å². The first-order valence-corrected chi connectivity index (χ1v) is 10.2. The molecule has 4 fully saturated rings. The SMILES string of the molecule is C#C[C@@]1([C@H]2CCC3(OCCO3)[C@@]2(C)CC=C)CC[C@]2(CCCCC2=C)O1. The molecule has 2 heterocycles. The van der Waals surface area contributed by atoms with Gasteiger partial charge in [0.1, 0.15) is 5.60 Å². The molecular formula is C23H32O3. The fraction of sp³-hybridized carbons (Fsp3) is 0.739. The molecule has 26 heavy (non-hydrogen) atoms. The third-order valence-electron chi connectivity index (χ3n) is 7.76. The van der Waals surface area contributed by atoms with E-state index in [1.54, 1.807) is 0 Å². The number of rotatable bonds is 3. The van der Waals surface area contributed by atoms with Gasteiger partial charge in [-0.1, -0.05) is 25.5 Å². The molecule has 0 aromatic carbocycles. The topological polar surface area (TPSA) is 27.7 Å². The molecular weight excluding hydrogens is 324 g/mol. The monoisotopic (exact) mass is 356 g/mol. The summed E-state index contributed by atoms with van der Waals surface area (Å²) in [5.41, 5.74) is 0.246. The van der Waals surface area contributed by atoms with E-state index in [9.17, 15) is 0 Å². The van der Waals surface area contributed by atoms with Gasteiger partial charge in [0.2, 0.25) is 0 Å². The normalized spacial score (nSPS) is 44.6. The molecule has 0 bridgehead atoms. The van der Waals surface area contributed by atoms with Crippen molar-refractivity contribution >= 4 is 0 Å². The zero-order chi connectivity index (χ0) is 18.5. The van der Waals surface area contributed by atoms with Gasteiger partial charge in [0, 0.05) is 17.8 Å². The van der Waals surface area contributed by atoms with E-state index in [4.69, 9.17) is 20.6 Å². The Labute approximate surface area is 158 Å². The molecule has 4 atom stereocenters. The van der Waals surface area contributed by atoms with E-state index in [2.05, 4.69) is 26.0 Å². The number of hydrogen-bond donors (Lipinski definition) is 0. The standard InChI is InChI=1S/C23H32O3/c1-5-11-20(4)19(10-13-23(20)24-16-17-25-23)21(6-2)14-15-22(26-21)12-8-7-9-18(22)3/h2,5,19H,1,3,7-17H2,4H3/t19-,20-,21-,22-/m0/s1. The number of ether oxygens (including phenoxy) is 3. The molecule has 142 valence electrons. The third kappa shape index (κ3) is 2.32. The van der Waals surface area contributed by atoms with Gasteiger partial charge in [0.15, 0.2) is 5.79 Å². The van der Waals surface area contributed by atoms with Gasteiger partial charge in [-0.05, 0) is 56.9 Å². The van der Waals surface area contributed by atoms with E-state index < -0.39 is 11.4 Å². The largest absolute Gasteiger partial charge is 0.351 e. The Morgan fingerprint density at radius 3 is 2.62 bits per heavy atom. The van der Waals surface area contributed by atoms with Crippen molar-refractivity contribution in [2.45, 2.75) is 81.7 Å². The lowest BCUT2D eigenvalue weighted by Crippen LogP contribution is -2.53. The summed E-state index contributed by atoms with van der Waals surface area (Å²) in [6.07, 6.45) is 17.2. The minimum absolute atomic E-state index is 0.199. The molecule has 4 rings (SSSR count). The molecule has 2 saturated heterocycles. The van der Waals surface area contributed by atoms with Crippen molar-refractivity contribution in [3.63, 3.8) is 0 Å². The van der Waals surface area contributed by atoms with Gasteiger partial charge in [-0.15, -0.1) is 13.0 Å². The Balaban J connectivity index is 1.69. The maximum atomic E-state index is 6.89. The van der Waals surface area contributed by atoms with Crippen LogP contribution in [0.3, 0.4) is 0 Å². The lowest BCUT2D eigenvalue weighted by atomic mass is 9.66. The van der Waals surface area contributed by atoms with E-state index in [1.165, 1.54) is 18.4 Å². The van der Waals surface area contributed by atoms with Crippen molar-refractivity contribution in [3.8, 4) is 12.3 Å². The molecule has 0 unspecified atom stereocenters. The maximum Gasteiger partial charge on any atom is 0.174 e.